The second kappa shape index (κ2) is 6.43. The zero-order chi connectivity index (χ0) is 13.6. The molecule has 2 N–H and O–H groups in total. The molecule has 0 heterocycles. The van der Waals surface area contributed by atoms with Crippen LogP contribution in [0.5, 0.6) is 5.75 Å². The Labute approximate surface area is 109 Å². The zero-order valence-corrected chi connectivity index (χ0v) is 11.5. The van der Waals surface area contributed by atoms with E-state index in [2.05, 4.69) is 25.9 Å². The first-order chi connectivity index (χ1) is 8.51. The predicted octanol–water partition coefficient (Wildman–Crippen LogP) is 4.06. The van der Waals surface area contributed by atoms with Crippen molar-refractivity contribution in [3.05, 3.63) is 29.3 Å². The summed E-state index contributed by atoms with van der Waals surface area (Å²) < 4.78 is 0. The number of aromatic hydroxyl groups is 1. The Morgan fingerprint density at radius 2 is 2.00 bits per heavy atom. The average molecular weight is 249 g/mol. The summed E-state index contributed by atoms with van der Waals surface area (Å²) in [7, 11) is 0. The largest absolute Gasteiger partial charge is 0.507 e. The summed E-state index contributed by atoms with van der Waals surface area (Å²) in [5, 5.41) is 21.2. The van der Waals surface area contributed by atoms with Crippen LogP contribution in [0.25, 0.3) is 0 Å². The summed E-state index contributed by atoms with van der Waals surface area (Å²) in [6, 6.07) is 5.49. The lowest BCUT2D eigenvalue weighted by Gasteiger charge is -2.25. The van der Waals surface area contributed by atoms with Crippen LogP contribution in [0.1, 0.15) is 57.6 Å². The van der Waals surface area contributed by atoms with Gasteiger partial charge < -0.3 is 10.3 Å². The van der Waals surface area contributed by atoms with E-state index in [0.29, 0.717) is 5.56 Å². The molecule has 0 aliphatic rings. The first-order valence-electron chi connectivity index (χ1n) is 6.52. The minimum absolute atomic E-state index is 0.0704. The van der Waals surface area contributed by atoms with Gasteiger partial charge in [0.1, 0.15) is 5.75 Å². The van der Waals surface area contributed by atoms with Crippen LogP contribution in [0.4, 0.5) is 0 Å². The molecular formula is C15H23NO2. The van der Waals surface area contributed by atoms with Crippen LogP contribution in [0.3, 0.4) is 0 Å². The standard InChI is InChI=1S/C15H23NO2/c1-4-5-6-9-15(2,3)13-7-8-14(17)12(10-13)11-16-18/h7-8,10-11,17-18H,4-6,9H2,1-3H3. The fourth-order valence-corrected chi connectivity index (χ4v) is 2.10. The lowest BCUT2D eigenvalue weighted by molar-refractivity contribution is 0.321. The molecule has 1 aromatic carbocycles. The van der Waals surface area contributed by atoms with E-state index in [-0.39, 0.29) is 11.2 Å². The van der Waals surface area contributed by atoms with Crippen molar-refractivity contribution in [2.45, 2.75) is 51.9 Å². The minimum Gasteiger partial charge on any atom is -0.507 e. The van der Waals surface area contributed by atoms with Crippen LogP contribution in [-0.4, -0.2) is 16.5 Å². The van der Waals surface area contributed by atoms with Crippen LogP contribution in [0.15, 0.2) is 23.4 Å². The normalized spacial score (nSPS) is 12.2. The Kier molecular flexibility index (Phi) is 5.20. The summed E-state index contributed by atoms with van der Waals surface area (Å²) in [6.45, 7) is 6.60. The highest BCUT2D eigenvalue weighted by atomic mass is 16.4. The maximum absolute atomic E-state index is 9.64. The molecule has 0 spiro atoms. The van der Waals surface area contributed by atoms with E-state index in [9.17, 15) is 5.11 Å². The Morgan fingerprint density at radius 1 is 1.28 bits per heavy atom. The number of oxime groups is 1. The van der Waals surface area contributed by atoms with Crippen molar-refractivity contribution in [1.82, 2.24) is 0 Å². The summed E-state index contributed by atoms with van der Waals surface area (Å²) >= 11 is 0. The molecule has 3 nitrogen and oxygen atoms in total. The lowest BCUT2D eigenvalue weighted by Crippen LogP contribution is -2.17. The summed E-state index contributed by atoms with van der Waals surface area (Å²) in [6.07, 6.45) is 6.04. The molecule has 0 aromatic heterocycles. The van der Waals surface area contributed by atoms with Gasteiger partial charge >= 0.3 is 0 Å². The molecule has 0 saturated heterocycles. The molecular weight excluding hydrogens is 226 g/mol. The van der Waals surface area contributed by atoms with Crippen molar-refractivity contribution >= 4 is 6.21 Å². The van der Waals surface area contributed by atoms with Crippen LogP contribution < -0.4 is 0 Å². The molecule has 0 radical (unpaired) electrons. The fourth-order valence-electron chi connectivity index (χ4n) is 2.10. The zero-order valence-electron chi connectivity index (χ0n) is 11.5. The average Bonchev–Trinajstić information content (AvgIpc) is 2.32. The van der Waals surface area contributed by atoms with Crippen molar-refractivity contribution < 1.29 is 10.3 Å². The molecule has 0 atom stereocenters. The fraction of sp³-hybridized carbons (Fsp3) is 0.533. The topological polar surface area (TPSA) is 52.8 Å². The molecule has 3 heteroatoms. The number of phenols is 1. The maximum atomic E-state index is 9.64. The van der Waals surface area contributed by atoms with Gasteiger partial charge in [0.2, 0.25) is 0 Å². The molecule has 0 amide bonds. The highest BCUT2D eigenvalue weighted by molar-refractivity contribution is 5.83. The van der Waals surface area contributed by atoms with E-state index in [4.69, 9.17) is 5.21 Å². The first kappa shape index (κ1) is 14.6. The van der Waals surface area contributed by atoms with Crippen LogP contribution in [0, 0.1) is 0 Å². The molecule has 0 aliphatic heterocycles. The highest BCUT2D eigenvalue weighted by Crippen LogP contribution is 2.31. The monoisotopic (exact) mass is 249 g/mol. The van der Waals surface area contributed by atoms with Gasteiger partial charge in [-0.05, 0) is 29.5 Å². The molecule has 0 fully saturated rings. The number of hydrogen-bond acceptors (Lipinski definition) is 3. The third-order valence-corrected chi connectivity index (χ3v) is 3.41. The number of benzene rings is 1. The van der Waals surface area contributed by atoms with Gasteiger partial charge in [-0.3, -0.25) is 0 Å². The number of rotatable bonds is 6. The summed E-state index contributed by atoms with van der Waals surface area (Å²) in [5.41, 5.74) is 1.78. The van der Waals surface area contributed by atoms with Gasteiger partial charge in [-0.25, -0.2) is 0 Å². The van der Waals surface area contributed by atoms with Crippen LogP contribution in [-0.2, 0) is 5.41 Å². The number of unbranched alkanes of at least 4 members (excludes halogenated alkanes) is 2. The second-order valence-electron chi connectivity index (χ2n) is 5.36. The second-order valence-corrected chi connectivity index (χ2v) is 5.36. The van der Waals surface area contributed by atoms with Gasteiger partial charge in [0.05, 0.1) is 6.21 Å². The number of phenolic OH excluding ortho intramolecular Hbond substituents is 1. The molecule has 0 unspecified atom stereocenters. The van der Waals surface area contributed by atoms with Gasteiger partial charge in [-0.2, -0.15) is 0 Å². The lowest BCUT2D eigenvalue weighted by atomic mass is 9.79. The van der Waals surface area contributed by atoms with E-state index in [1.807, 2.05) is 12.1 Å². The SMILES string of the molecule is CCCCCC(C)(C)c1ccc(O)c(C=NO)c1. The molecule has 100 valence electrons. The molecule has 1 rings (SSSR count). The minimum atomic E-state index is 0.0704. The van der Waals surface area contributed by atoms with Crippen LogP contribution >= 0.6 is 0 Å². The Morgan fingerprint density at radius 3 is 2.61 bits per heavy atom. The molecule has 18 heavy (non-hydrogen) atoms. The van der Waals surface area contributed by atoms with Gasteiger partial charge in [0.15, 0.2) is 0 Å². The third-order valence-electron chi connectivity index (χ3n) is 3.41. The Bertz CT molecular complexity index is 411. The van der Waals surface area contributed by atoms with E-state index in [1.54, 1.807) is 6.07 Å². The summed E-state index contributed by atoms with van der Waals surface area (Å²) in [4.78, 5) is 0. The van der Waals surface area contributed by atoms with Crippen molar-refractivity contribution in [1.29, 1.82) is 0 Å². The van der Waals surface area contributed by atoms with E-state index >= 15 is 0 Å². The molecule has 0 aliphatic carbocycles. The Balaban J connectivity index is 2.90. The summed E-state index contributed by atoms with van der Waals surface area (Å²) in [5.74, 6) is 0.140. The van der Waals surface area contributed by atoms with Gasteiger partial charge in [-0.15, -0.1) is 0 Å². The maximum Gasteiger partial charge on any atom is 0.124 e. The van der Waals surface area contributed by atoms with Crippen LogP contribution in [0.2, 0.25) is 0 Å². The third kappa shape index (κ3) is 3.76. The first-order valence-corrected chi connectivity index (χ1v) is 6.52. The molecule has 1 aromatic rings. The number of nitrogens with zero attached hydrogens (tertiary/aromatic N) is 1. The van der Waals surface area contributed by atoms with Crippen molar-refractivity contribution in [2.75, 3.05) is 0 Å². The van der Waals surface area contributed by atoms with Gasteiger partial charge in [0, 0.05) is 5.56 Å². The highest BCUT2D eigenvalue weighted by Gasteiger charge is 2.20. The van der Waals surface area contributed by atoms with E-state index in [0.717, 1.165) is 12.0 Å². The predicted molar refractivity (Wildman–Crippen MR) is 74.7 cm³/mol. The van der Waals surface area contributed by atoms with Gasteiger partial charge in [-0.1, -0.05) is 51.3 Å². The smallest absolute Gasteiger partial charge is 0.124 e. The van der Waals surface area contributed by atoms with Crippen molar-refractivity contribution in [2.24, 2.45) is 5.16 Å². The van der Waals surface area contributed by atoms with E-state index in [1.165, 1.54) is 25.5 Å². The van der Waals surface area contributed by atoms with Gasteiger partial charge in [0.25, 0.3) is 0 Å². The number of hydrogen-bond donors (Lipinski definition) is 2. The van der Waals surface area contributed by atoms with Crippen molar-refractivity contribution in [3.63, 3.8) is 0 Å². The molecule has 0 bridgehead atoms. The molecule has 0 saturated carbocycles. The Hall–Kier alpha value is -1.51. The quantitative estimate of drug-likeness (QED) is 0.346. The van der Waals surface area contributed by atoms with E-state index < -0.39 is 0 Å². The van der Waals surface area contributed by atoms with Crippen molar-refractivity contribution in [3.8, 4) is 5.75 Å².